The van der Waals surface area contributed by atoms with Crippen LogP contribution >= 0.6 is 11.3 Å². The summed E-state index contributed by atoms with van der Waals surface area (Å²) in [5.74, 6) is -1.21. The molecule has 0 bridgehead atoms. The molecule has 41 heavy (non-hydrogen) atoms. The summed E-state index contributed by atoms with van der Waals surface area (Å²) >= 11 is 1.57. The third kappa shape index (κ3) is 6.84. The Balaban J connectivity index is 1.39. The molecule has 3 aromatic rings. The second-order valence-electron chi connectivity index (χ2n) is 11.0. The summed E-state index contributed by atoms with van der Waals surface area (Å²) in [6.07, 6.45) is -0.723. The molecule has 1 fully saturated rings. The first kappa shape index (κ1) is 30.4. The molecule has 0 unspecified atom stereocenters. The van der Waals surface area contributed by atoms with Gasteiger partial charge in [0.2, 0.25) is 11.8 Å². The summed E-state index contributed by atoms with van der Waals surface area (Å²) < 4.78 is 0. The van der Waals surface area contributed by atoms with Crippen molar-refractivity contribution in [3.8, 4) is 10.4 Å². The van der Waals surface area contributed by atoms with E-state index in [1.807, 2.05) is 31.2 Å². The molecule has 5 N–H and O–H groups in total. The number of aryl methyl sites for hydroxylation is 1. The Labute approximate surface area is 243 Å². The number of aliphatic hydroxyl groups is 1. The molecule has 1 aliphatic rings. The number of carbonyl (C=O) groups excluding carboxylic acids is 3. The number of likely N-dealkylation sites (tertiary alicyclic amines) is 1. The van der Waals surface area contributed by atoms with E-state index in [2.05, 4.69) is 15.6 Å². The lowest BCUT2D eigenvalue weighted by molar-refractivity contribution is -0.146. The van der Waals surface area contributed by atoms with Gasteiger partial charge in [-0.25, -0.2) is 4.98 Å². The van der Waals surface area contributed by atoms with Gasteiger partial charge < -0.3 is 30.7 Å². The maximum absolute atomic E-state index is 13.7. The minimum atomic E-state index is -1.71. The fourth-order valence-corrected chi connectivity index (χ4v) is 5.61. The molecule has 0 aliphatic carbocycles. The average Bonchev–Trinajstić information content (AvgIpc) is 3.56. The lowest BCUT2D eigenvalue weighted by Crippen LogP contribution is -2.55. The lowest BCUT2D eigenvalue weighted by Gasteiger charge is -2.36. The molecular formula is C29H35BN4O6S. The number of β-amino-alcohol motifs (C(OH)–C–C–N with tert-alkyl or cyclic N) is 1. The van der Waals surface area contributed by atoms with Gasteiger partial charge in [-0.1, -0.05) is 36.4 Å². The summed E-state index contributed by atoms with van der Waals surface area (Å²) in [6.45, 7) is 7.30. The van der Waals surface area contributed by atoms with Gasteiger partial charge in [0, 0.05) is 31.1 Å². The van der Waals surface area contributed by atoms with Crippen LogP contribution in [0.5, 0.6) is 0 Å². The molecule has 2 aromatic carbocycles. The topological polar surface area (TPSA) is 152 Å². The van der Waals surface area contributed by atoms with Gasteiger partial charge in [0.05, 0.1) is 27.6 Å². The highest BCUT2D eigenvalue weighted by molar-refractivity contribution is 7.13. The quantitative estimate of drug-likeness (QED) is 0.240. The van der Waals surface area contributed by atoms with Crippen molar-refractivity contribution >= 4 is 41.6 Å². The van der Waals surface area contributed by atoms with Crippen molar-refractivity contribution in [3.05, 3.63) is 70.9 Å². The smallest absolute Gasteiger partial charge is 0.423 e. The zero-order chi connectivity index (χ0) is 29.9. The van der Waals surface area contributed by atoms with Crippen molar-refractivity contribution < 1.29 is 29.5 Å². The van der Waals surface area contributed by atoms with Crippen LogP contribution in [0, 0.1) is 12.3 Å². The summed E-state index contributed by atoms with van der Waals surface area (Å²) in [5, 5.41) is 34.9. The van der Waals surface area contributed by atoms with Crippen LogP contribution in [-0.2, 0) is 16.1 Å². The predicted molar refractivity (Wildman–Crippen MR) is 157 cm³/mol. The van der Waals surface area contributed by atoms with Crippen LogP contribution in [0.4, 0.5) is 0 Å². The summed E-state index contributed by atoms with van der Waals surface area (Å²) in [5.41, 5.74) is 4.00. The van der Waals surface area contributed by atoms with Gasteiger partial charge in [-0.15, -0.1) is 11.3 Å². The zero-order valence-corrected chi connectivity index (χ0v) is 24.3. The first-order valence-electron chi connectivity index (χ1n) is 13.4. The Morgan fingerprint density at radius 2 is 1.88 bits per heavy atom. The summed E-state index contributed by atoms with van der Waals surface area (Å²) in [7, 11) is -1.71. The molecule has 1 aliphatic heterocycles. The molecule has 12 heteroatoms. The minimum absolute atomic E-state index is 0.0142. The number of aromatic nitrogens is 1. The molecule has 4 rings (SSSR count). The number of carbonyl (C=O) groups is 3. The van der Waals surface area contributed by atoms with E-state index in [0.29, 0.717) is 0 Å². The van der Waals surface area contributed by atoms with Crippen LogP contribution in [0.3, 0.4) is 0 Å². The molecule has 10 nitrogen and oxygen atoms in total. The monoisotopic (exact) mass is 578 g/mol. The van der Waals surface area contributed by atoms with Crippen LogP contribution in [0.2, 0.25) is 0 Å². The van der Waals surface area contributed by atoms with E-state index in [-0.39, 0.29) is 42.4 Å². The maximum atomic E-state index is 13.7. The Hall–Kier alpha value is -3.58. The number of hydrogen-bond acceptors (Lipinski definition) is 8. The fourth-order valence-electron chi connectivity index (χ4n) is 4.80. The number of amides is 3. The van der Waals surface area contributed by atoms with Crippen molar-refractivity contribution in [1.82, 2.24) is 20.5 Å². The minimum Gasteiger partial charge on any atom is -0.423 e. The van der Waals surface area contributed by atoms with Gasteiger partial charge in [0.1, 0.15) is 6.04 Å². The van der Waals surface area contributed by atoms with E-state index in [9.17, 15) is 29.5 Å². The molecule has 0 spiro atoms. The van der Waals surface area contributed by atoms with Crippen LogP contribution < -0.4 is 16.1 Å². The zero-order valence-electron chi connectivity index (χ0n) is 23.5. The highest BCUT2D eigenvalue weighted by Gasteiger charge is 2.46. The van der Waals surface area contributed by atoms with Crippen LogP contribution in [0.1, 0.15) is 48.8 Å². The number of nitrogens with zero attached hydrogens (tertiary/aromatic N) is 2. The van der Waals surface area contributed by atoms with Crippen LogP contribution in [0.15, 0.2) is 54.0 Å². The Kier molecular flexibility index (Phi) is 9.28. The number of benzene rings is 2. The van der Waals surface area contributed by atoms with Crippen LogP contribution in [-0.4, -0.2) is 74.6 Å². The molecule has 2 heterocycles. The van der Waals surface area contributed by atoms with Gasteiger partial charge in [-0.05, 0) is 56.4 Å². The van der Waals surface area contributed by atoms with Crippen molar-refractivity contribution in [2.24, 2.45) is 5.41 Å². The maximum Gasteiger partial charge on any atom is 0.488 e. The first-order valence-corrected chi connectivity index (χ1v) is 14.3. The number of thiazole rings is 1. The standard InChI is InChI=1S/C29H35BN4O6S/c1-17-25(41-16-32-17)20-10-8-19(9-11-20)14-31-27(37)24-13-23(35)15-34(24)28(38)29(3,4)18(2)33-26(36)21-6-5-7-22(12-21)30(39)40/h5-12,16,18,23-24,35,39-40H,13-15H2,1-4H3,(H,31,37)(H,33,36)/t18-,23+,24-/m0/s1. The van der Waals surface area contributed by atoms with Crippen LogP contribution in [0.25, 0.3) is 10.4 Å². The van der Waals surface area contributed by atoms with Crippen molar-refractivity contribution in [1.29, 1.82) is 0 Å². The third-order valence-corrected chi connectivity index (χ3v) is 8.68. The molecule has 216 valence electrons. The van der Waals surface area contributed by atoms with E-state index < -0.39 is 36.6 Å². The van der Waals surface area contributed by atoms with E-state index in [1.54, 1.807) is 37.6 Å². The largest absolute Gasteiger partial charge is 0.488 e. The number of aliphatic hydroxyl groups excluding tert-OH is 1. The highest BCUT2D eigenvalue weighted by Crippen LogP contribution is 2.30. The fraction of sp³-hybridized carbons (Fsp3) is 0.379. The normalized spacial score (nSPS) is 17.7. The Bertz CT molecular complexity index is 1410. The third-order valence-electron chi connectivity index (χ3n) is 7.70. The number of rotatable bonds is 9. The van der Waals surface area contributed by atoms with Gasteiger partial charge in [0.25, 0.3) is 5.91 Å². The second kappa shape index (κ2) is 12.5. The molecule has 3 atom stereocenters. The van der Waals surface area contributed by atoms with Crippen molar-refractivity contribution in [3.63, 3.8) is 0 Å². The molecular weight excluding hydrogens is 543 g/mol. The number of nitrogens with one attached hydrogen (secondary N) is 2. The van der Waals surface area contributed by atoms with Gasteiger partial charge in [-0.3, -0.25) is 14.4 Å². The molecule has 1 aromatic heterocycles. The predicted octanol–water partition coefficient (Wildman–Crippen LogP) is 1.22. The van der Waals surface area contributed by atoms with E-state index in [0.717, 1.165) is 21.7 Å². The van der Waals surface area contributed by atoms with E-state index in [1.165, 1.54) is 29.2 Å². The van der Waals surface area contributed by atoms with E-state index in [4.69, 9.17) is 0 Å². The molecule has 0 saturated carbocycles. The SMILES string of the molecule is Cc1ncsc1-c1ccc(CNC(=O)[C@@H]2C[C@@H](O)CN2C(=O)C(C)(C)[C@H](C)NC(=O)c2cccc(B(O)O)c2)cc1. The molecule has 3 amide bonds. The number of hydrogen-bond donors (Lipinski definition) is 5. The lowest BCUT2D eigenvalue weighted by atomic mass is 9.79. The van der Waals surface area contributed by atoms with Gasteiger partial charge in [-0.2, -0.15) is 0 Å². The second-order valence-corrected chi connectivity index (χ2v) is 11.8. The van der Waals surface area contributed by atoms with Crippen molar-refractivity contribution in [2.75, 3.05) is 6.54 Å². The van der Waals surface area contributed by atoms with Gasteiger partial charge >= 0.3 is 7.12 Å². The average molecular weight is 579 g/mol. The van der Waals surface area contributed by atoms with Gasteiger partial charge in [0.15, 0.2) is 0 Å². The Morgan fingerprint density at radius 3 is 2.51 bits per heavy atom. The first-order chi connectivity index (χ1) is 19.4. The highest BCUT2D eigenvalue weighted by atomic mass is 32.1. The molecule has 0 radical (unpaired) electrons. The Morgan fingerprint density at radius 1 is 1.17 bits per heavy atom. The molecule has 1 saturated heterocycles. The van der Waals surface area contributed by atoms with E-state index >= 15 is 0 Å². The summed E-state index contributed by atoms with van der Waals surface area (Å²) in [6, 6.07) is 12.3. The van der Waals surface area contributed by atoms with Crippen molar-refractivity contribution in [2.45, 2.75) is 58.8 Å². The summed E-state index contributed by atoms with van der Waals surface area (Å²) in [4.78, 5) is 46.5.